The van der Waals surface area contributed by atoms with Crippen LogP contribution in [-0.4, -0.2) is 30.0 Å². The SMILES string of the molecule is Cc1cccc([N+](=O)[O-])c1NC(=O)COC(=O)COc1ccc(Cl)cc1Cl. The summed E-state index contributed by atoms with van der Waals surface area (Å²) >= 11 is 11.7. The van der Waals surface area contributed by atoms with Gasteiger partial charge < -0.3 is 14.8 Å². The van der Waals surface area contributed by atoms with Crippen molar-refractivity contribution in [2.75, 3.05) is 18.5 Å². The number of halogens is 2. The van der Waals surface area contributed by atoms with Crippen molar-refractivity contribution in [3.63, 3.8) is 0 Å². The molecule has 0 atom stereocenters. The lowest BCUT2D eigenvalue weighted by molar-refractivity contribution is -0.384. The van der Waals surface area contributed by atoms with Crippen LogP contribution in [0.4, 0.5) is 11.4 Å². The predicted octanol–water partition coefficient (Wildman–Crippen LogP) is 3.77. The molecule has 0 aliphatic rings. The molecule has 0 aromatic heterocycles. The van der Waals surface area contributed by atoms with Crippen molar-refractivity contribution in [3.8, 4) is 5.75 Å². The first kappa shape index (κ1) is 20.5. The molecule has 0 bridgehead atoms. The van der Waals surface area contributed by atoms with E-state index >= 15 is 0 Å². The Bertz CT molecular complexity index is 888. The fraction of sp³-hybridized carbons (Fsp3) is 0.176. The average Bonchev–Trinajstić information content (AvgIpc) is 2.60. The third-order valence-corrected chi connectivity index (χ3v) is 3.85. The average molecular weight is 413 g/mol. The van der Waals surface area contributed by atoms with E-state index in [-0.39, 0.29) is 22.1 Å². The van der Waals surface area contributed by atoms with Crippen LogP contribution in [0.15, 0.2) is 36.4 Å². The first-order valence-corrected chi connectivity index (χ1v) is 8.31. The van der Waals surface area contributed by atoms with Crippen molar-refractivity contribution in [2.24, 2.45) is 0 Å². The molecule has 1 N–H and O–H groups in total. The van der Waals surface area contributed by atoms with Gasteiger partial charge in [-0.05, 0) is 30.7 Å². The molecule has 0 unspecified atom stereocenters. The number of nitrogens with zero attached hydrogens (tertiary/aromatic N) is 1. The van der Waals surface area contributed by atoms with Gasteiger partial charge >= 0.3 is 5.97 Å². The smallest absolute Gasteiger partial charge is 0.344 e. The molecule has 0 aliphatic carbocycles. The third kappa shape index (κ3) is 5.83. The van der Waals surface area contributed by atoms with Crippen molar-refractivity contribution in [3.05, 3.63) is 62.1 Å². The number of rotatable bonds is 7. The van der Waals surface area contributed by atoms with E-state index in [1.54, 1.807) is 13.0 Å². The Balaban J connectivity index is 1.87. The Morgan fingerprint density at radius 1 is 1.19 bits per heavy atom. The highest BCUT2D eigenvalue weighted by molar-refractivity contribution is 6.35. The van der Waals surface area contributed by atoms with Crippen LogP contribution in [0.2, 0.25) is 10.0 Å². The Kier molecular flexibility index (Phi) is 6.98. The van der Waals surface area contributed by atoms with E-state index < -0.39 is 30.0 Å². The zero-order valence-electron chi connectivity index (χ0n) is 14.0. The number of nitro benzene ring substituents is 1. The summed E-state index contributed by atoms with van der Waals surface area (Å²) in [6.45, 7) is 0.513. The molecule has 0 saturated heterocycles. The van der Waals surface area contributed by atoms with E-state index in [9.17, 15) is 19.7 Å². The zero-order valence-corrected chi connectivity index (χ0v) is 15.5. The van der Waals surface area contributed by atoms with Crippen molar-refractivity contribution < 1.29 is 24.0 Å². The minimum Gasteiger partial charge on any atom is -0.480 e. The number of carbonyl (C=O) groups excluding carboxylic acids is 2. The Morgan fingerprint density at radius 2 is 1.93 bits per heavy atom. The first-order valence-electron chi connectivity index (χ1n) is 7.55. The van der Waals surface area contributed by atoms with Gasteiger partial charge in [-0.2, -0.15) is 0 Å². The van der Waals surface area contributed by atoms with E-state index in [1.807, 2.05) is 0 Å². The van der Waals surface area contributed by atoms with Crippen LogP contribution in [0.5, 0.6) is 5.75 Å². The topological polar surface area (TPSA) is 108 Å². The van der Waals surface area contributed by atoms with Gasteiger partial charge in [0.1, 0.15) is 11.4 Å². The van der Waals surface area contributed by atoms with Gasteiger partial charge in [0.25, 0.3) is 11.6 Å². The summed E-state index contributed by atoms with van der Waals surface area (Å²) in [5.74, 6) is -1.29. The molecule has 27 heavy (non-hydrogen) atoms. The number of esters is 1. The number of para-hydroxylation sites is 1. The molecule has 0 heterocycles. The van der Waals surface area contributed by atoms with E-state index in [0.717, 1.165) is 0 Å². The van der Waals surface area contributed by atoms with Crippen LogP contribution >= 0.6 is 23.2 Å². The predicted molar refractivity (Wildman–Crippen MR) is 99.4 cm³/mol. The highest BCUT2D eigenvalue weighted by Crippen LogP contribution is 2.28. The lowest BCUT2D eigenvalue weighted by Gasteiger charge is -2.10. The monoisotopic (exact) mass is 412 g/mol. The van der Waals surface area contributed by atoms with Crippen molar-refractivity contribution in [1.29, 1.82) is 0 Å². The molecule has 10 heteroatoms. The number of amides is 1. The lowest BCUT2D eigenvalue weighted by atomic mass is 10.1. The summed E-state index contributed by atoms with van der Waals surface area (Å²) in [6.07, 6.45) is 0. The number of anilines is 1. The second kappa shape index (κ2) is 9.20. The minimum atomic E-state index is -0.810. The van der Waals surface area contributed by atoms with Gasteiger partial charge in [0.15, 0.2) is 13.2 Å². The van der Waals surface area contributed by atoms with Gasteiger partial charge in [-0.25, -0.2) is 4.79 Å². The van der Waals surface area contributed by atoms with Crippen LogP contribution in [0.25, 0.3) is 0 Å². The number of ether oxygens (including phenoxy) is 2. The largest absolute Gasteiger partial charge is 0.480 e. The number of nitrogens with one attached hydrogen (secondary N) is 1. The van der Waals surface area contributed by atoms with Gasteiger partial charge in [-0.3, -0.25) is 14.9 Å². The standard InChI is InChI=1S/C17H14Cl2N2O6/c1-10-3-2-4-13(21(24)25)17(10)20-15(22)8-27-16(23)9-26-14-6-5-11(18)7-12(14)19/h2-7H,8-9H2,1H3,(H,20,22). The molecule has 2 rings (SSSR count). The highest BCUT2D eigenvalue weighted by atomic mass is 35.5. The molecular weight excluding hydrogens is 399 g/mol. The molecule has 2 aromatic carbocycles. The van der Waals surface area contributed by atoms with Crippen molar-refractivity contribution in [1.82, 2.24) is 0 Å². The first-order chi connectivity index (χ1) is 12.8. The van der Waals surface area contributed by atoms with Crippen LogP contribution in [0.3, 0.4) is 0 Å². The number of nitro groups is 1. The Labute approximate surface area is 164 Å². The lowest BCUT2D eigenvalue weighted by Crippen LogP contribution is -2.24. The zero-order chi connectivity index (χ0) is 20.0. The van der Waals surface area contributed by atoms with Crippen molar-refractivity contribution in [2.45, 2.75) is 6.92 Å². The molecule has 0 saturated carbocycles. The third-order valence-electron chi connectivity index (χ3n) is 3.32. The minimum absolute atomic E-state index is 0.0488. The highest BCUT2D eigenvalue weighted by Gasteiger charge is 2.18. The Hall–Kier alpha value is -2.84. The van der Waals surface area contributed by atoms with Gasteiger partial charge in [0.05, 0.1) is 9.95 Å². The van der Waals surface area contributed by atoms with Crippen LogP contribution in [0.1, 0.15) is 5.56 Å². The normalized spacial score (nSPS) is 10.2. The maximum Gasteiger partial charge on any atom is 0.344 e. The molecule has 0 fully saturated rings. The number of carbonyl (C=O) groups is 2. The van der Waals surface area contributed by atoms with E-state index in [4.69, 9.17) is 32.7 Å². The van der Waals surface area contributed by atoms with Gasteiger partial charge in [0.2, 0.25) is 0 Å². The molecule has 8 nitrogen and oxygen atoms in total. The summed E-state index contributed by atoms with van der Waals surface area (Å²) < 4.78 is 9.97. The summed E-state index contributed by atoms with van der Waals surface area (Å²) in [6, 6.07) is 8.85. The second-order valence-electron chi connectivity index (χ2n) is 5.30. The quantitative estimate of drug-likeness (QED) is 0.421. The molecule has 0 radical (unpaired) electrons. The molecule has 0 aliphatic heterocycles. The maximum absolute atomic E-state index is 11.9. The number of aryl methyl sites for hydroxylation is 1. The number of hydrogen-bond acceptors (Lipinski definition) is 6. The fourth-order valence-electron chi connectivity index (χ4n) is 2.06. The van der Waals surface area contributed by atoms with Crippen LogP contribution < -0.4 is 10.1 Å². The van der Waals surface area contributed by atoms with Crippen LogP contribution in [0, 0.1) is 17.0 Å². The maximum atomic E-state index is 11.9. The van der Waals surface area contributed by atoms with E-state index in [2.05, 4.69) is 5.32 Å². The van der Waals surface area contributed by atoms with Gasteiger partial charge in [-0.1, -0.05) is 35.3 Å². The Morgan fingerprint density at radius 3 is 2.59 bits per heavy atom. The summed E-state index contributed by atoms with van der Waals surface area (Å²) in [7, 11) is 0. The summed E-state index contributed by atoms with van der Waals surface area (Å²) in [5.41, 5.74) is 0.299. The molecule has 1 amide bonds. The molecule has 2 aromatic rings. The number of hydrogen-bond donors (Lipinski definition) is 1. The van der Waals surface area contributed by atoms with Gasteiger partial charge in [0, 0.05) is 11.1 Å². The second-order valence-corrected chi connectivity index (χ2v) is 6.14. The molecular formula is C17H14Cl2N2O6. The van der Waals surface area contributed by atoms with Crippen molar-refractivity contribution >= 4 is 46.5 Å². The number of benzene rings is 2. The van der Waals surface area contributed by atoms with E-state index in [0.29, 0.717) is 10.6 Å². The van der Waals surface area contributed by atoms with Gasteiger partial charge in [-0.15, -0.1) is 0 Å². The van der Waals surface area contributed by atoms with Crippen LogP contribution in [-0.2, 0) is 14.3 Å². The molecule has 0 spiro atoms. The summed E-state index contributed by atoms with van der Waals surface area (Å²) in [5, 5.41) is 14.0. The fourth-order valence-corrected chi connectivity index (χ4v) is 2.52. The summed E-state index contributed by atoms with van der Waals surface area (Å²) in [4.78, 5) is 34.0. The van der Waals surface area contributed by atoms with E-state index in [1.165, 1.54) is 30.3 Å². The molecule has 142 valence electrons.